The Morgan fingerprint density at radius 1 is 1.23 bits per heavy atom. The van der Waals surface area contributed by atoms with Crippen LogP contribution in [0.1, 0.15) is 38.1 Å². The zero-order valence-electron chi connectivity index (χ0n) is 12.7. The van der Waals surface area contributed by atoms with Gasteiger partial charge in [0.1, 0.15) is 11.4 Å². The van der Waals surface area contributed by atoms with Crippen LogP contribution < -0.4 is 5.32 Å². The van der Waals surface area contributed by atoms with Gasteiger partial charge in [0.25, 0.3) is 0 Å². The Hall–Kier alpha value is -2.43. The lowest BCUT2D eigenvalue weighted by Gasteiger charge is -2.36. The first-order chi connectivity index (χ1) is 10.5. The van der Waals surface area contributed by atoms with Gasteiger partial charge in [-0.25, -0.2) is 4.98 Å². The molecule has 0 fully saturated rings. The van der Waals surface area contributed by atoms with Crippen molar-refractivity contribution in [2.75, 3.05) is 0 Å². The predicted molar refractivity (Wildman–Crippen MR) is 83.9 cm³/mol. The highest BCUT2D eigenvalue weighted by molar-refractivity contribution is 6.05. The Morgan fingerprint density at radius 2 is 2.09 bits per heavy atom. The normalized spacial score (nSPS) is 19.5. The van der Waals surface area contributed by atoms with Crippen molar-refractivity contribution in [3.05, 3.63) is 41.4 Å². The highest BCUT2D eigenvalue weighted by Gasteiger charge is 2.36. The number of Topliss-reactive ketones (excluding diaryl/α,β-unsaturated/α-hetero) is 1. The molecule has 0 amide bonds. The largest absolute Gasteiger partial charge is 0.378 e. The topological polar surface area (TPSA) is 70.7 Å². The van der Waals surface area contributed by atoms with Crippen molar-refractivity contribution in [3.8, 4) is 11.5 Å². The van der Waals surface area contributed by atoms with Crippen molar-refractivity contribution in [3.63, 3.8) is 0 Å². The van der Waals surface area contributed by atoms with Crippen molar-refractivity contribution in [1.82, 2.24) is 20.3 Å². The summed E-state index contributed by atoms with van der Waals surface area (Å²) in [6, 6.07) is 5.76. The van der Waals surface area contributed by atoms with Crippen molar-refractivity contribution in [2.24, 2.45) is 0 Å². The van der Waals surface area contributed by atoms with Gasteiger partial charge in [0, 0.05) is 29.4 Å². The van der Waals surface area contributed by atoms with Gasteiger partial charge >= 0.3 is 0 Å². The molecule has 2 aliphatic rings. The molecule has 0 spiro atoms. The highest BCUT2D eigenvalue weighted by Crippen LogP contribution is 2.36. The molecule has 2 aromatic heterocycles. The number of nitrogens with one attached hydrogen (secondary N) is 2. The molecule has 1 aliphatic carbocycles. The fourth-order valence-electron chi connectivity index (χ4n) is 3.24. The van der Waals surface area contributed by atoms with Crippen LogP contribution >= 0.6 is 0 Å². The van der Waals surface area contributed by atoms with E-state index in [1.807, 2.05) is 18.2 Å². The molecule has 0 saturated carbocycles. The summed E-state index contributed by atoms with van der Waals surface area (Å²) in [5.41, 5.74) is 4.35. The van der Waals surface area contributed by atoms with Crippen molar-refractivity contribution in [1.29, 1.82) is 0 Å². The molecule has 1 aliphatic heterocycles. The number of fused-ring (bicyclic) bond motifs is 2. The molecule has 0 bridgehead atoms. The summed E-state index contributed by atoms with van der Waals surface area (Å²) in [4.78, 5) is 24.8. The first-order valence-corrected chi connectivity index (χ1v) is 7.59. The van der Waals surface area contributed by atoms with Gasteiger partial charge in [-0.3, -0.25) is 9.78 Å². The van der Waals surface area contributed by atoms with E-state index in [2.05, 4.69) is 29.1 Å². The summed E-state index contributed by atoms with van der Waals surface area (Å²) in [6.45, 7) is 4.10. The van der Waals surface area contributed by atoms with Gasteiger partial charge in [-0.05, 0) is 38.8 Å². The van der Waals surface area contributed by atoms with Crippen LogP contribution in [0.5, 0.6) is 0 Å². The fraction of sp³-hybridized carbons (Fsp3) is 0.353. The number of hydrogen-bond donors (Lipinski definition) is 2. The molecule has 0 aromatic carbocycles. The average Bonchev–Trinajstić information content (AvgIpc) is 2.91. The van der Waals surface area contributed by atoms with E-state index < -0.39 is 0 Å². The number of rotatable bonds is 1. The molecule has 0 saturated heterocycles. The fourth-order valence-corrected chi connectivity index (χ4v) is 3.24. The lowest BCUT2D eigenvalue weighted by molar-refractivity contribution is -0.117. The number of aromatic nitrogens is 3. The van der Waals surface area contributed by atoms with Crippen LogP contribution in [0.4, 0.5) is 0 Å². The summed E-state index contributed by atoms with van der Waals surface area (Å²) < 4.78 is 0. The van der Waals surface area contributed by atoms with Gasteiger partial charge in [0.15, 0.2) is 11.6 Å². The maximum atomic E-state index is 12.4. The third-order valence-corrected chi connectivity index (χ3v) is 4.25. The van der Waals surface area contributed by atoms with E-state index >= 15 is 0 Å². The van der Waals surface area contributed by atoms with E-state index in [9.17, 15) is 4.79 Å². The SMILES string of the molecule is CC1(C)CC(=O)C2=C(N1)c1nc(-c3ccccn3)[nH]c1CC2. The number of aromatic amines is 1. The van der Waals surface area contributed by atoms with E-state index in [4.69, 9.17) is 4.98 Å². The molecule has 0 radical (unpaired) electrons. The van der Waals surface area contributed by atoms with E-state index in [1.165, 1.54) is 0 Å². The van der Waals surface area contributed by atoms with Gasteiger partial charge in [0.05, 0.1) is 5.70 Å². The minimum absolute atomic E-state index is 0.228. The number of imidazole rings is 1. The van der Waals surface area contributed by atoms with Crippen LogP contribution in [-0.4, -0.2) is 26.3 Å². The predicted octanol–water partition coefficient (Wildman–Crippen LogP) is 2.47. The van der Waals surface area contributed by atoms with Crippen LogP contribution in [-0.2, 0) is 11.2 Å². The number of aryl methyl sites for hydroxylation is 1. The van der Waals surface area contributed by atoms with Crippen LogP contribution in [0, 0.1) is 0 Å². The van der Waals surface area contributed by atoms with Gasteiger partial charge in [-0.1, -0.05) is 6.07 Å². The lowest BCUT2D eigenvalue weighted by atomic mass is 9.83. The standard InChI is InChI=1S/C17H18N4O/c1-17(2)9-13(22)10-6-7-11-15(14(10)21-17)20-16(19-11)12-5-3-4-8-18-12/h3-5,8,21H,6-7,9H2,1-2H3,(H,19,20). The first kappa shape index (κ1) is 13.2. The second kappa shape index (κ2) is 4.53. The van der Waals surface area contributed by atoms with Crippen LogP contribution in [0.2, 0.25) is 0 Å². The van der Waals surface area contributed by atoms with Crippen LogP contribution in [0.3, 0.4) is 0 Å². The second-order valence-electron chi connectivity index (χ2n) is 6.59. The number of pyridine rings is 1. The van der Waals surface area contributed by atoms with E-state index in [0.29, 0.717) is 6.42 Å². The zero-order chi connectivity index (χ0) is 15.3. The molecular weight excluding hydrogens is 276 g/mol. The highest BCUT2D eigenvalue weighted by atomic mass is 16.1. The molecule has 0 atom stereocenters. The van der Waals surface area contributed by atoms with Gasteiger partial charge in [-0.15, -0.1) is 0 Å². The quantitative estimate of drug-likeness (QED) is 0.847. The van der Waals surface area contributed by atoms with Crippen molar-refractivity contribution < 1.29 is 4.79 Å². The molecule has 22 heavy (non-hydrogen) atoms. The number of carbonyl (C=O) groups excluding carboxylic acids is 1. The number of hydrogen-bond acceptors (Lipinski definition) is 4. The molecule has 0 unspecified atom stereocenters. The van der Waals surface area contributed by atoms with Gasteiger partial charge < -0.3 is 10.3 Å². The Balaban J connectivity index is 1.82. The van der Waals surface area contributed by atoms with Crippen molar-refractivity contribution >= 4 is 11.5 Å². The maximum Gasteiger partial charge on any atom is 0.163 e. The van der Waals surface area contributed by atoms with E-state index in [-0.39, 0.29) is 11.3 Å². The molecule has 5 heteroatoms. The Bertz CT molecular complexity index is 786. The number of allylic oxidation sites excluding steroid dienone is 1. The Kier molecular flexibility index (Phi) is 2.73. The van der Waals surface area contributed by atoms with Crippen LogP contribution in [0.15, 0.2) is 30.0 Å². The third kappa shape index (κ3) is 2.04. The average molecular weight is 294 g/mol. The molecule has 5 nitrogen and oxygen atoms in total. The summed E-state index contributed by atoms with van der Waals surface area (Å²) >= 11 is 0. The number of H-pyrrole nitrogens is 1. The van der Waals surface area contributed by atoms with Gasteiger partial charge in [-0.2, -0.15) is 0 Å². The zero-order valence-corrected chi connectivity index (χ0v) is 12.7. The molecule has 112 valence electrons. The molecule has 4 rings (SSSR count). The second-order valence-corrected chi connectivity index (χ2v) is 6.59. The molecule has 2 aromatic rings. The molecule has 3 heterocycles. The van der Waals surface area contributed by atoms with Gasteiger partial charge in [0.2, 0.25) is 0 Å². The monoisotopic (exact) mass is 294 g/mol. The summed E-state index contributed by atoms with van der Waals surface area (Å²) in [5, 5.41) is 3.50. The smallest absolute Gasteiger partial charge is 0.163 e. The van der Waals surface area contributed by atoms with Crippen molar-refractivity contribution in [2.45, 2.75) is 38.6 Å². The summed E-state index contributed by atoms with van der Waals surface area (Å²) in [6.07, 6.45) is 3.89. The summed E-state index contributed by atoms with van der Waals surface area (Å²) in [5.74, 6) is 1.00. The number of nitrogens with zero attached hydrogens (tertiary/aromatic N) is 2. The third-order valence-electron chi connectivity index (χ3n) is 4.25. The molecule has 2 N–H and O–H groups in total. The maximum absolute atomic E-state index is 12.4. The minimum Gasteiger partial charge on any atom is -0.378 e. The van der Waals surface area contributed by atoms with E-state index in [0.717, 1.165) is 47.0 Å². The van der Waals surface area contributed by atoms with E-state index in [1.54, 1.807) is 6.20 Å². The Morgan fingerprint density at radius 3 is 2.86 bits per heavy atom. The van der Waals surface area contributed by atoms with Crippen LogP contribution in [0.25, 0.3) is 17.2 Å². The molecular formula is C17H18N4O. The first-order valence-electron chi connectivity index (χ1n) is 7.59. The minimum atomic E-state index is -0.228. The number of ketones is 1. The lowest BCUT2D eigenvalue weighted by Crippen LogP contribution is -2.45. The number of carbonyl (C=O) groups is 1. The Labute approximate surface area is 128 Å². The summed E-state index contributed by atoms with van der Waals surface area (Å²) in [7, 11) is 0.